The number of likely N-dealkylation sites (tertiary alicyclic amines) is 1. The number of nitrogens with one attached hydrogen (secondary N) is 1. The molecule has 1 aliphatic heterocycles. The van der Waals surface area contributed by atoms with Crippen LogP contribution in [0.15, 0.2) is 0 Å². The van der Waals surface area contributed by atoms with Crippen molar-refractivity contribution < 1.29 is 9.90 Å². The minimum Gasteiger partial charge on any atom is -0.393 e. The second-order valence-corrected chi connectivity index (χ2v) is 6.33. The maximum atomic E-state index is 12.1. The van der Waals surface area contributed by atoms with Crippen LogP contribution in [0.4, 0.5) is 0 Å². The van der Waals surface area contributed by atoms with Crippen molar-refractivity contribution in [2.45, 2.75) is 57.1 Å². The second-order valence-electron chi connectivity index (χ2n) is 6.33. The molecule has 0 bridgehead atoms. The summed E-state index contributed by atoms with van der Waals surface area (Å²) in [7, 11) is 0. The first-order chi connectivity index (χ1) is 9.54. The van der Waals surface area contributed by atoms with Crippen LogP contribution in [0.5, 0.6) is 0 Å². The van der Waals surface area contributed by atoms with Gasteiger partial charge in [-0.1, -0.05) is 0 Å². The van der Waals surface area contributed by atoms with Gasteiger partial charge in [-0.2, -0.15) is 5.26 Å². The Bertz CT molecular complexity index is 383. The van der Waals surface area contributed by atoms with Gasteiger partial charge in [0, 0.05) is 6.54 Å². The largest absolute Gasteiger partial charge is 0.393 e. The number of aliphatic hydroxyl groups is 1. The van der Waals surface area contributed by atoms with Crippen LogP contribution in [0, 0.1) is 17.2 Å². The summed E-state index contributed by atoms with van der Waals surface area (Å²) in [6.45, 7) is 3.82. The molecule has 0 aromatic rings. The summed E-state index contributed by atoms with van der Waals surface area (Å²) in [4.78, 5) is 14.2. The number of piperidine rings is 1. The van der Waals surface area contributed by atoms with Gasteiger partial charge >= 0.3 is 0 Å². The van der Waals surface area contributed by atoms with E-state index in [1.807, 2.05) is 6.92 Å². The molecule has 112 valence electrons. The molecule has 0 aromatic carbocycles. The monoisotopic (exact) mass is 279 g/mol. The summed E-state index contributed by atoms with van der Waals surface area (Å²) < 4.78 is 0. The predicted octanol–water partition coefficient (Wildman–Crippen LogP) is 1.03. The third kappa shape index (κ3) is 3.71. The van der Waals surface area contributed by atoms with Crippen molar-refractivity contribution in [3.8, 4) is 6.07 Å². The molecule has 0 radical (unpaired) electrons. The first kappa shape index (κ1) is 15.3. The van der Waals surface area contributed by atoms with Crippen molar-refractivity contribution >= 4 is 5.91 Å². The molecule has 0 spiro atoms. The van der Waals surface area contributed by atoms with Crippen LogP contribution < -0.4 is 5.32 Å². The molecule has 1 saturated heterocycles. The number of rotatable bonds is 4. The topological polar surface area (TPSA) is 76.4 Å². The molecular weight excluding hydrogens is 254 g/mol. The normalized spacial score (nSPS) is 27.8. The van der Waals surface area contributed by atoms with Gasteiger partial charge in [0.2, 0.25) is 5.91 Å². The fourth-order valence-corrected chi connectivity index (χ4v) is 3.38. The van der Waals surface area contributed by atoms with Gasteiger partial charge in [-0.05, 0) is 57.9 Å². The van der Waals surface area contributed by atoms with E-state index in [1.165, 1.54) is 0 Å². The zero-order valence-corrected chi connectivity index (χ0v) is 12.3. The number of amides is 1. The zero-order chi connectivity index (χ0) is 14.6. The van der Waals surface area contributed by atoms with Crippen molar-refractivity contribution in [1.29, 1.82) is 5.26 Å². The Balaban J connectivity index is 1.84. The lowest BCUT2D eigenvalue weighted by Gasteiger charge is -2.34. The lowest BCUT2D eigenvalue weighted by Crippen LogP contribution is -2.51. The highest BCUT2D eigenvalue weighted by atomic mass is 16.3. The highest BCUT2D eigenvalue weighted by Gasteiger charge is 2.36. The summed E-state index contributed by atoms with van der Waals surface area (Å²) in [6.07, 6.45) is 5.30. The van der Waals surface area contributed by atoms with Gasteiger partial charge in [0.15, 0.2) is 0 Å². The lowest BCUT2D eigenvalue weighted by atomic mass is 9.93. The molecule has 1 saturated carbocycles. The van der Waals surface area contributed by atoms with E-state index in [2.05, 4.69) is 16.3 Å². The van der Waals surface area contributed by atoms with E-state index in [0.717, 1.165) is 51.6 Å². The molecular formula is C15H25N3O2. The second kappa shape index (κ2) is 6.55. The average Bonchev–Trinajstić information content (AvgIpc) is 2.88. The van der Waals surface area contributed by atoms with Gasteiger partial charge in [0.1, 0.15) is 5.54 Å². The van der Waals surface area contributed by atoms with E-state index in [-0.39, 0.29) is 17.9 Å². The van der Waals surface area contributed by atoms with Crippen molar-refractivity contribution in [3.05, 3.63) is 0 Å². The summed E-state index contributed by atoms with van der Waals surface area (Å²) in [6, 6.07) is 2.28. The SMILES string of the molecule is CC(O)C1CCCN(CC(=O)NC2(C#N)CCCC2)C1. The first-order valence-electron chi connectivity index (χ1n) is 7.67. The maximum Gasteiger partial charge on any atom is 0.235 e. The Kier molecular flexibility index (Phi) is 5.00. The smallest absolute Gasteiger partial charge is 0.235 e. The van der Waals surface area contributed by atoms with Crippen LogP contribution in [-0.4, -0.2) is 47.2 Å². The zero-order valence-electron chi connectivity index (χ0n) is 12.3. The van der Waals surface area contributed by atoms with Crippen LogP contribution in [0.25, 0.3) is 0 Å². The number of aliphatic hydroxyl groups excluding tert-OH is 1. The van der Waals surface area contributed by atoms with E-state index in [1.54, 1.807) is 0 Å². The minimum atomic E-state index is -0.628. The highest BCUT2D eigenvalue weighted by Crippen LogP contribution is 2.29. The summed E-state index contributed by atoms with van der Waals surface area (Å²) >= 11 is 0. The van der Waals surface area contributed by atoms with E-state index in [9.17, 15) is 15.2 Å². The summed E-state index contributed by atoms with van der Waals surface area (Å²) in [5, 5.41) is 21.9. The third-order valence-electron chi connectivity index (χ3n) is 4.64. The molecule has 1 aliphatic carbocycles. The Labute approximate surface area is 120 Å². The van der Waals surface area contributed by atoms with Crippen LogP contribution in [0.2, 0.25) is 0 Å². The van der Waals surface area contributed by atoms with Gasteiger partial charge in [-0.25, -0.2) is 0 Å². The molecule has 1 amide bonds. The maximum absolute atomic E-state index is 12.1. The molecule has 2 N–H and O–H groups in total. The molecule has 2 unspecified atom stereocenters. The lowest BCUT2D eigenvalue weighted by molar-refractivity contribution is -0.124. The molecule has 2 rings (SSSR count). The van der Waals surface area contributed by atoms with Crippen LogP contribution >= 0.6 is 0 Å². The number of nitrogens with zero attached hydrogens (tertiary/aromatic N) is 2. The van der Waals surface area contributed by atoms with Gasteiger partial charge < -0.3 is 10.4 Å². The molecule has 5 nitrogen and oxygen atoms in total. The Hall–Kier alpha value is -1.12. The van der Waals surface area contributed by atoms with Crippen molar-refractivity contribution in [3.63, 3.8) is 0 Å². The van der Waals surface area contributed by atoms with Crippen molar-refractivity contribution in [1.82, 2.24) is 10.2 Å². The molecule has 0 aromatic heterocycles. The van der Waals surface area contributed by atoms with E-state index < -0.39 is 5.54 Å². The van der Waals surface area contributed by atoms with Crippen molar-refractivity contribution in [2.75, 3.05) is 19.6 Å². The minimum absolute atomic E-state index is 0.0558. The average molecular weight is 279 g/mol. The van der Waals surface area contributed by atoms with Crippen LogP contribution in [-0.2, 0) is 4.79 Å². The fraction of sp³-hybridized carbons (Fsp3) is 0.867. The molecule has 2 aliphatic rings. The quantitative estimate of drug-likeness (QED) is 0.806. The highest BCUT2D eigenvalue weighted by molar-refractivity contribution is 5.79. The van der Waals surface area contributed by atoms with Crippen molar-refractivity contribution in [2.24, 2.45) is 5.92 Å². The van der Waals surface area contributed by atoms with Crippen LogP contribution in [0.3, 0.4) is 0 Å². The van der Waals surface area contributed by atoms with E-state index >= 15 is 0 Å². The first-order valence-corrected chi connectivity index (χ1v) is 7.67. The number of nitriles is 1. The predicted molar refractivity (Wildman–Crippen MR) is 75.8 cm³/mol. The standard InChI is InChI=1S/C15H25N3O2/c1-12(19)13-5-4-8-18(9-13)10-14(20)17-15(11-16)6-2-3-7-15/h12-13,19H,2-10H2,1H3,(H,17,20). The van der Waals surface area contributed by atoms with Gasteiger partial charge in [0.05, 0.1) is 18.7 Å². The van der Waals surface area contributed by atoms with E-state index in [4.69, 9.17) is 0 Å². The molecule has 20 heavy (non-hydrogen) atoms. The van der Waals surface area contributed by atoms with Crippen LogP contribution in [0.1, 0.15) is 45.4 Å². The molecule has 1 heterocycles. The summed E-state index contributed by atoms with van der Waals surface area (Å²) in [5.74, 6) is 0.202. The molecule has 2 fully saturated rings. The third-order valence-corrected chi connectivity index (χ3v) is 4.64. The summed E-state index contributed by atoms with van der Waals surface area (Å²) in [5.41, 5.74) is -0.628. The van der Waals surface area contributed by atoms with E-state index in [0.29, 0.717) is 6.54 Å². The van der Waals surface area contributed by atoms with Gasteiger partial charge in [-0.15, -0.1) is 0 Å². The number of carbonyl (C=O) groups excluding carboxylic acids is 1. The van der Waals surface area contributed by atoms with Gasteiger partial charge in [0.25, 0.3) is 0 Å². The number of hydrogen-bond donors (Lipinski definition) is 2. The molecule has 5 heteroatoms. The Morgan fingerprint density at radius 3 is 2.80 bits per heavy atom. The Morgan fingerprint density at radius 2 is 2.20 bits per heavy atom. The number of hydrogen-bond acceptors (Lipinski definition) is 4. The number of carbonyl (C=O) groups is 1. The Morgan fingerprint density at radius 1 is 1.50 bits per heavy atom. The fourth-order valence-electron chi connectivity index (χ4n) is 3.38. The van der Waals surface area contributed by atoms with Gasteiger partial charge in [-0.3, -0.25) is 9.69 Å². The molecule has 2 atom stereocenters.